The minimum atomic E-state index is -0.518. The molecule has 0 heterocycles. The Bertz CT molecular complexity index is 423. The van der Waals surface area contributed by atoms with Crippen LogP contribution in [-0.4, -0.2) is 51.6 Å². The molecule has 0 fully saturated rings. The van der Waals surface area contributed by atoms with Crippen LogP contribution in [0.3, 0.4) is 0 Å². The minimum absolute atomic E-state index is 0.110. The number of carbonyl (C=O) groups is 1. The van der Waals surface area contributed by atoms with Crippen LogP contribution in [0.2, 0.25) is 0 Å². The molecule has 0 N–H and O–H groups in total. The lowest BCUT2D eigenvalue weighted by Gasteiger charge is -2.15. The van der Waals surface area contributed by atoms with Crippen molar-refractivity contribution in [1.82, 2.24) is 4.90 Å². The number of nitrogens with zero attached hydrogens (tertiary/aromatic N) is 1. The Morgan fingerprint density at radius 2 is 2.11 bits per heavy atom. The van der Waals surface area contributed by atoms with Crippen molar-refractivity contribution in [3.8, 4) is 5.75 Å². The van der Waals surface area contributed by atoms with Gasteiger partial charge in [-0.3, -0.25) is 9.69 Å². The average Bonchev–Trinajstić information content (AvgIpc) is 2.38. The smallest absolute Gasteiger partial charge is 0.176 e. The number of hydrogen-bond donors (Lipinski definition) is 0. The van der Waals surface area contributed by atoms with Crippen molar-refractivity contribution in [3.63, 3.8) is 0 Å². The molecule has 0 aliphatic carbocycles. The first kappa shape index (κ1) is 15.6. The highest BCUT2D eigenvalue weighted by molar-refractivity contribution is 5.97. The molecule has 4 nitrogen and oxygen atoms in total. The summed E-state index contributed by atoms with van der Waals surface area (Å²) in [5.41, 5.74) is 0.358. The Morgan fingerprint density at radius 3 is 2.68 bits per heavy atom. The van der Waals surface area contributed by atoms with Crippen molar-refractivity contribution in [3.05, 3.63) is 29.6 Å². The number of ether oxygens (including phenoxy) is 2. The van der Waals surface area contributed by atoms with Crippen LogP contribution in [-0.2, 0) is 4.74 Å². The fraction of sp³-hybridized carbons (Fsp3) is 0.500. The van der Waals surface area contributed by atoms with Crippen molar-refractivity contribution in [2.24, 2.45) is 0 Å². The van der Waals surface area contributed by atoms with Gasteiger partial charge in [0.2, 0.25) is 0 Å². The summed E-state index contributed by atoms with van der Waals surface area (Å²) in [5, 5.41) is 0. The maximum Gasteiger partial charge on any atom is 0.176 e. The molecule has 5 heteroatoms. The first-order valence-corrected chi connectivity index (χ1v) is 6.12. The second kappa shape index (κ2) is 7.86. The monoisotopic (exact) mass is 269 g/mol. The third-order valence-corrected chi connectivity index (χ3v) is 2.78. The van der Waals surface area contributed by atoms with Gasteiger partial charge >= 0.3 is 0 Å². The lowest BCUT2D eigenvalue weighted by Crippen LogP contribution is -2.27. The lowest BCUT2D eigenvalue weighted by molar-refractivity contribution is 0.0938. The van der Waals surface area contributed by atoms with E-state index in [0.717, 1.165) is 13.0 Å². The van der Waals surface area contributed by atoms with E-state index >= 15 is 0 Å². The summed E-state index contributed by atoms with van der Waals surface area (Å²) in [4.78, 5) is 13.9. The highest BCUT2D eigenvalue weighted by atomic mass is 19.1. The van der Waals surface area contributed by atoms with Crippen molar-refractivity contribution in [1.29, 1.82) is 0 Å². The Hall–Kier alpha value is -1.46. The van der Waals surface area contributed by atoms with E-state index in [4.69, 9.17) is 9.47 Å². The van der Waals surface area contributed by atoms with E-state index in [-0.39, 0.29) is 18.1 Å². The summed E-state index contributed by atoms with van der Waals surface area (Å²) in [6.45, 7) is 1.68. The van der Waals surface area contributed by atoms with Crippen LogP contribution in [0.25, 0.3) is 0 Å². The highest BCUT2D eigenvalue weighted by Gasteiger charge is 2.12. The standard InChI is InChI=1S/C14H20FNO3/c1-16(7-4-8-18-2)10-13(17)11-5-6-14(19-3)12(15)9-11/h5-6,9H,4,7-8,10H2,1-3H3. The van der Waals surface area contributed by atoms with Gasteiger partial charge in [-0.15, -0.1) is 0 Å². The minimum Gasteiger partial charge on any atom is -0.494 e. The van der Waals surface area contributed by atoms with E-state index in [1.54, 1.807) is 13.2 Å². The first-order chi connectivity index (χ1) is 9.08. The number of benzene rings is 1. The number of methoxy groups -OCH3 is 2. The van der Waals surface area contributed by atoms with Gasteiger partial charge in [0.25, 0.3) is 0 Å². The van der Waals surface area contributed by atoms with Crippen molar-refractivity contribution >= 4 is 5.78 Å². The predicted octanol–water partition coefficient (Wildman–Crippen LogP) is 1.99. The molecule has 0 amide bonds. The molecule has 0 aliphatic heterocycles. The zero-order valence-corrected chi connectivity index (χ0v) is 11.6. The molecular formula is C14H20FNO3. The number of Topliss-reactive ketones (excluding diaryl/α,β-unsaturated/α-hetero) is 1. The molecule has 1 aromatic carbocycles. The van der Waals surface area contributed by atoms with Gasteiger partial charge in [-0.1, -0.05) is 0 Å². The van der Waals surface area contributed by atoms with E-state index in [2.05, 4.69) is 0 Å². The molecule has 1 rings (SSSR count). The molecule has 0 aliphatic rings. The number of halogens is 1. The third-order valence-electron chi connectivity index (χ3n) is 2.78. The molecule has 0 bridgehead atoms. The van der Waals surface area contributed by atoms with E-state index in [1.165, 1.54) is 19.2 Å². The van der Waals surface area contributed by atoms with E-state index < -0.39 is 5.82 Å². The van der Waals surface area contributed by atoms with Crippen LogP contribution >= 0.6 is 0 Å². The SMILES string of the molecule is COCCCN(C)CC(=O)c1ccc(OC)c(F)c1. The van der Waals surface area contributed by atoms with Gasteiger partial charge in [-0.25, -0.2) is 4.39 Å². The molecule has 1 aromatic rings. The van der Waals surface area contributed by atoms with Gasteiger partial charge in [0.05, 0.1) is 13.7 Å². The molecular weight excluding hydrogens is 249 g/mol. The van der Waals surface area contributed by atoms with Crippen LogP contribution in [0.1, 0.15) is 16.8 Å². The third kappa shape index (κ3) is 4.96. The molecule has 0 saturated heterocycles. The second-order valence-electron chi connectivity index (χ2n) is 4.36. The van der Waals surface area contributed by atoms with Gasteiger partial charge in [-0.05, 0) is 31.7 Å². The Balaban J connectivity index is 2.55. The zero-order chi connectivity index (χ0) is 14.3. The van der Waals surface area contributed by atoms with Crippen molar-refractivity contribution < 1.29 is 18.7 Å². The number of hydrogen-bond acceptors (Lipinski definition) is 4. The van der Waals surface area contributed by atoms with Crippen LogP contribution in [0, 0.1) is 5.82 Å². The quantitative estimate of drug-likeness (QED) is 0.534. The summed E-state index contributed by atoms with van der Waals surface area (Å²) < 4.78 is 23.3. The van der Waals surface area contributed by atoms with Crippen LogP contribution < -0.4 is 4.74 Å². The number of carbonyl (C=O) groups excluding carboxylic acids is 1. The fourth-order valence-electron chi connectivity index (χ4n) is 1.73. The fourth-order valence-corrected chi connectivity index (χ4v) is 1.73. The molecule has 0 radical (unpaired) electrons. The highest BCUT2D eigenvalue weighted by Crippen LogP contribution is 2.18. The van der Waals surface area contributed by atoms with Gasteiger partial charge < -0.3 is 9.47 Å². The van der Waals surface area contributed by atoms with Crippen LogP contribution in [0.15, 0.2) is 18.2 Å². The molecule has 0 saturated carbocycles. The summed E-state index contributed by atoms with van der Waals surface area (Å²) >= 11 is 0. The van der Waals surface area contributed by atoms with Crippen molar-refractivity contribution in [2.45, 2.75) is 6.42 Å². The van der Waals surface area contributed by atoms with E-state index in [9.17, 15) is 9.18 Å². The van der Waals surface area contributed by atoms with Crippen molar-refractivity contribution in [2.75, 3.05) is 41.0 Å². The summed E-state index contributed by atoms with van der Waals surface area (Å²) in [6, 6.07) is 4.25. The normalized spacial score (nSPS) is 10.8. The van der Waals surface area contributed by atoms with E-state index in [0.29, 0.717) is 12.2 Å². The first-order valence-electron chi connectivity index (χ1n) is 6.12. The Kier molecular flexibility index (Phi) is 6.45. The Labute approximate surface area is 113 Å². The summed E-state index contributed by atoms with van der Waals surface area (Å²) in [5.74, 6) is -0.484. The predicted molar refractivity (Wildman–Crippen MR) is 71.3 cm³/mol. The molecule has 0 atom stereocenters. The summed E-state index contributed by atoms with van der Waals surface area (Å²) in [6.07, 6.45) is 0.858. The second-order valence-corrected chi connectivity index (χ2v) is 4.36. The maximum absolute atomic E-state index is 13.5. The zero-order valence-electron chi connectivity index (χ0n) is 11.6. The lowest BCUT2D eigenvalue weighted by atomic mass is 10.1. The number of likely N-dealkylation sites (N-methyl/N-ethyl adjacent to an activating group) is 1. The van der Waals surface area contributed by atoms with E-state index in [1.807, 2.05) is 11.9 Å². The van der Waals surface area contributed by atoms with Crippen LogP contribution in [0.5, 0.6) is 5.75 Å². The summed E-state index contributed by atoms with van der Waals surface area (Å²) in [7, 11) is 4.89. The number of ketones is 1. The topological polar surface area (TPSA) is 38.8 Å². The molecule has 0 unspecified atom stereocenters. The maximum atomic E-state index is 13.5. The Morgan fingerprint density at radius 1 is 1.37 bits per heavy atom. The van der Waals surface area contributed by atoms with Gasteiger partial charge in [0.15, 0.2) is 17.3 Å². The molecule has 0 aromatic heterocycles. The average molecular weight is 269 g/mol. The van der Waals surface area contributed by atoms with Gasteiger partial charge in [0.1, 0.15) is 0 Å². The van der Waals surface area contributed by atoms with Gasteiger partial charge in [-0.2, -0.15) is 0 Å². The van der Waals surface area contributed by atoms with Gasteiger partial charge in [0, 0.05) is 25.8 Å². The largest absolute Gasteiger partial charge is 0.494 e. The number of rotatable bonds is 8. The molecule has 106 valence electrons. The molecule has 0 spiro atoms. The van der Waals surface area contributed by atoms with Crippen LogP contribution in [0.4, 0.5) is 4.39 Å². The molecule has 19 heavy (non-hydrogen) atoms.